The summed E-state index contributed by atoms with van der Waals surface area (Å²) in [5.41, 5.74) is 0. The van der Waals surface area contributed by atoms with Crippen molar-refractivity contribution < 1.29 is 5.11 Å². The van der Waals surface area contributed by atoms with E-state index in [1.54, 1.807) is 6.92 Å². The third-order valence-corrected chi connectivity index (χ3v) is 0. The fourth-order valence-corrected chi connectivity index (χ4v) is 0. The van der Waals surface area contributed by atoms with Crippen LogP contribution in [-0.4, -0.2) is 22.0 Å². The minimum Gasteiger partial charge on any atom is -0.397 e. The molecule has 5 heavy (non-hydrogen) atoms. The van der Waals surface area contributed by atoms with Crippen LogP contribution in [0.15, 0.2) is 0 Å². The molecular formula is C3H12OSi. The molecule has 0 fully saturated rings. The van der Waals surface area contributed by atoms with Crippen LogP contribution in [0.4, 0.5) is 0 Å². The van der Waals surface area contributed by atoms with Crippen molar-refractivity contribution in [2.24, 2.45) is 0 Å². The van der Waals surface area contributed by atoms with E-state index < -0.39 is 0 Å². The maximum atomic E-state index is 7.57. The van der Waals surface area contributed by atoms with Crippen LogP contribution in [0, 0.1) is 0 Å². The van der Waals surface area contributed by atoms with Crippen LogP contribution in [-0.2, 0) is 0 Å². The second-order valence-corrected chi connectivity index (χ2v) is 0.316. The molecule has 0 spiro atoms. The van der Waals surface area contributed by atoms with Crippen LogP contribution in [0.2, 0.25) is 6.55 Å². The van der Waals surface area contributed by atoms with Gasteiger partial charge in [-0.1, -0.05) is 6.55 Å². The number of aliphatic hydroxyl groups is 1. The summed E-state index contributed by atoms with van der Waals surface area (Å²) in [6.07, 6.45) is 0. The summed E-state index contributed by atoms with van der Waals surface area (Å²) in [4.78, 5) is 0. The Kier molecular flexibility index (Phi) is 54.5. The summed E-state index contributed by atoms with van der Waals surface area (Å²) in [6.45, 7) is 4.07. The van der Waals surface area contributed by atoms with E-state index in [9.17, 15) is 0 Å². The Morgan fingerprint density at radius 1 is 1.60 bits per heavy atom. The fraction of sp³-hybridized carbons (Fsp3) is 1.00. The van der Waals surface area contributed by atoms with E-state index in [-0.39, 0.29) is 6.61 Å². The van der Waals surface area contributed by atoms with E-state index in [2.05, 4.69) is 6.55 Å². The van der Waals surface area contributed by atoms with Gasteiger partial charge in [0.25, 0.3) is 0 Å². The SMILES string of the molecule is CCO.C[SiH3]. The van der Waals surface area contributed by atoms with Gasteiger partial charge in [0, 0.05) is 6.61 Å². The molecule has 34 valence electrons. The maximum Gasteiger partial charge on any atom is 0.0402 e. The minimum atomic E-state index is 0.250. The molecule has 0 saturated carbocycles. The maximum absolute atomic E-state index is 7.57. The third kappa shape index (κ3) is 633. The Hall–Kier alpha value is 0.177. The molecule has 0 atom stereocenters. The summed E-state index contributed by atoms with van der Waals surface area (Å²) in [5.74, 6) is 0. The van der Waals surface area contributed by atoms with Crippen molar-refractivity contribution in [3.05, 3.63) is 0 Å². The predicted octanol–water partition coefficient (Wildman–Crippen LogP) is -0.602. The summed E-state index contributed by atoms with van der Waals surface area (Å²) in [6, 6.07) is 0. The molecule has 0 rings (SSSR count). The van der Waals surface area contributed by atoms with Gasteiger partial charge in [0.05, 0.1) is 0 Å². The lowest BCUT2D eigenvalue weighted by Gasteiger charge is -1.52. The highest BCUT2D eigenvalue weighted by molar-refractivity contribution is 6.05. The average Bonchev–Trinajstić information content (AvgIpc) is 1.46. The van der Waals surface area contributed by atoms with E-state index in [0.717, 1.165) is 0 Å². The van der Waals surface area contributed by atoms with E-state index in [1.807, 2.05) is 0 Å². The summed E-state index contributed by atoms with van der Waals surface area (Å²) in [7, 11) is 1.31. The van der Waals surface area contributed by atoms with Crippen molar-refractivity contribution in [1.29, 1.82) is 0 Å². The smallest absolute Gasteiger partial charge is 0.0402 e. The average molecular weight is 92.2 g/mol. The van der Waals surface area contributed by atoms with Crippen molar-refractivity contribution >= 4 is 10.2 Å². The largest absolute Gasteiger partial charge is 0.397 e. The minimum absolute atomic E-state index is 0.250. The normalized spacial score (nSPS) is 5.40. The van der Waals surface area contributed by atoms with Crippen LogP contribution in [0.25, 0.3) is 0 Å². The number of hydrogen-bond acceptors (Lipinski definition) is 1. The quantitative estimate of drug-likeness (QED) is 0.396. The first kappa shape index (κ1) is 8.95. The van der Waals surface area contributed by atoms with Gasteiger partial charge in [-0.15, -0.1) is 0 Å². The molecule has 0 aromatic heterocycles. The molecule has 0 aliphatic carbocycles. The highest BCUT2D eigenvalue weighted by atomic mass is 28.1. The zero-order valence-electron chi connectivity index (χ0n) is 4.15. The Balaban J connectivity index is 0. The Labute approximate surface area is 36.4 Å². The van der Waals surface area contributed by atoms with E-state index >= 15 is 0 Å². The monoisotopic (exact) mass is 92.1 g/mol. The van der Waals surface area contributed by atoms with Crippen molar-refractivity contribution in [2.45, 2.75) is 13.5 Å². The Bertz CT molecular complexity index is 6.85. The molecule has 0 radical (unpaired) electrons. The second kappa shape index (κ2) is 30.4. The number of rotatable bonds is 0. The second-order valence-electron chi connectivity index (χ2n) is 0.316. The first-order chi connectivity index (χ1) is 2.41. The van der Waals surface area contributed by atoms with Crippen molar-refractivity contribution in [3.8, 4) is 0 Å². The molecule has 0 aliphatic heterocycles. The van der Waals surface area contributed by atoms with Crippen LogP contribution in [0.3, 0.4) is 0 Å². The van der Waals surface area contributed by atoms with Crippen LogP contribution < -0.4 is 0 Å². The van der Waals surface area contributed by atoms with Gasteiger partial charge in [0.1, 0.15) is 0 Å². The van der Waals surface area contributed by atoms with E-state index in [4.69, 9.17) is 5.11 Å². The molecular weight excluding hydrogens is 80.1 g/mol. The van der Waals surface area contributed by atoms with Gasteiger partial charge in [-0.05, 0) is 17.2 Å². The highest BCUT2D eigenvalue weighted by Gasteiger charge is 1.34. The summed E-state index contributed by atoms with van der Waals surface area (Å²) >= 11 is 0. The van der Waals surface area contributed by atoms with Crippen molar-refractivity contribution in [2.75, 3.05) is 6.61 Å². The van der Waals surface area contributed by atoms with Crippen LogP contribution in [0.1, 0.15) is 6.92 Å². The van der Waals surface area contributed by atoms with E-state index in [0.29, 0.717) is 0 Å². The van der Waals surface area contributed by atoms with E-state index in [1.165, 1.54) is 10.2 Å². The molecule has 0 aromatic rings. The Morgan fingerprint density at radius 2 is 1.60 bits per heavy atom. The van der Waals surface area contributed by atoms with Gasteiger partial charge in [-0.25, -0.2) is 0 Å². The van der Waals surface area contributed by atoms with Crippen molar-refractivity contribution in [3.63, 3.8) is 0 Å². The molecule has 2 heteroatoms. The number of hydrogen-bond donors (Lipinski definition) is 1. The predicted molar refractivity (Wildman–Crippen MR) is 28.6 cm³/mol. The first-order valence-electron chi connectivity index (χ1n) is 2.02. The lowest BCUT2D eigenvalue weighted by Crippen LogP contribution is -1.57. The molecule has 0 heterocycles. The molecule has 0 aromatic carbocycles. The standard InChI is InChI=1S/C2H6O.CH6Si/c1-2-3;1-2/h3H,2H2,1H3;1-2H3. The number of aliphatic hydroxyl groups excluding tert-OH is 1. The van der Waals surface area contributed by atoms with Crippen molar-refractivity contribution in [1.82, 2.24) is 0 Å². The Morgan fingerprint density at radius 3 is 1.60 bits per heavy atom. The fourth-order valence-electron chi connectivity index (χ4n) is 0. The van der Waals surface area contributed by atoms with Gasteiger partial charge in [0.15, 0.2) is 0 Å². The van der Waals surface area contributed by atoms with Gasteiger partial charge in [-0.2, -0.15) is 0 Å². The van der Waals surface area contributed by atoms with Gasteiger partial charge in [-0.3, -0.25) is 0 Å². The topological polar surface area (TPSA) is 20.2 Å². The highest BCUT2D eigenvalue weighted by Crippen LogP contribution is 1.30. The summed E-state index contributed by atoms with van der Waals surface area (Å²) in [5, 5.41) is 7.57. The lowest BCUT2D eigenvalue weighted by molar-refractivity contribution is 0.318. The van der Waals surface area contributed by atoms with Crippen LogP contribution >= 0.6 is 0 Å². The van der Waals surface area contributed by atoms with Crippen LogP contribution in [0.5, 0.6) is 0 Å². The summed E-state index contributed by atoms with van der Waals surface area (Å²) < 4.78 is 0. The molecule has 0 unspecified atom stereocenters. The van der Waals surface area contributed by atoms with Gasteiger partial charge >= 0.3 is 0 Å². The zero-order chi connectivity index (χ0) is 4.71. The first-order valence-corrected chi connectivity index (χ1v) is 4.02. The third-order valence-electron chi connectivity index (χ3n) is 0. The zero-order valence-corrected chi connectivity index (χ0v) is 6.15. The molecule has 1 N–H and O–H groups in total. The molecule has 0 aliphatic rings. The molecule has 0 bridgehead atoms. The molecule has 1 nitrogen and oxygen atoms in total. The van der Waals surface area contributed by atoms with Gasteiger partial charge < -0.3 is 5.11 Å². The molecule has 0 amide bonds. The van der Waals surface area contributed by atoms with Gasteiger partial charge in [0.2, 0.25) is 0 Å². The lowest BCUT2D eigenvalue weighted by atomic mass is 10.9. The molecule has 0 saturated heterocycles.